The summed E-state index contributed by atoms with van der Waals surface area (Å²) in [7, 11) is 0. The van der Waals surface area contributed by atoms with E-state index in [-0.39, 0.29) is 23.5 Å². The Morgan fingerprint density at radius 1 is 1.22 bits per heavy atom. The number of amides is 1. The van der Waals surface area contributed by atoms with E-state index in [1.54, 1.807) is 25.1 Å². The Hall–Kier alpha value is -3.33. The van der Waals surface area contributed by atoms with Crippen molar-refractivity contribution in [1.29, 1.82) is 5.26 Å². The average Bonchev–Trinajstić information content (AvgIpc) is 3.06. The van der Waals surface area contributed by atoms with E-state index in [4.69, 9.17) is 4.74 Å². The van der Waals surface area contributed by atoms with Gasteiger partial charge < -0.3 is 14.6 Å². The van der Waals surface area contributed by atoms with Crippen molar-refractivity contribution in [2.75, 3.05) is 6.61 Å². The zero-order valence-electron chi connectivity index (χ0n) is 19.3. The molecule has 0 saturated heterocycles. The molecular formula is C26H31N3O3. The zero-order chi connectivity index (χ0) is 23.3. The van der Waals surface area contributed by atoms with Crippen LogP contribution in [0.3, 0.4) is 0 Å². The number of nitriles is 1. The van der Waals surface area contributed by atoms with Gasteiger partial charge in [0.2, 0.25) is 0 Å². The lowest BCUT2D eigenvalue weighted by atomic mass is 9.86. The normalized spacial score (nSPS) is 18.7. The van der Waals surface area contributed by atoms with Gasteiger partial charge in [0.15, 0.2) is 0 Å². The summed E-state index contributed by atoms with van der Waals surface area (Å²) >= 11 is 0. The molecule has 2 aromatic rings. The lowest BCUT2D eigenvalue weighted by Crippen LogP contribution is -2.41. The summed E-state index contributed by atoms with van der Waals surface area (Å²) in [5.41, 5.74) is 4.21. The van der Waals surface area contributed by atoms with Gasteiger partial charge >= 0.3 is 5.97 Å². The van der Waals surface area contributed by atoms with Crippen LogP contribution in [0.15, 0.2) is 35.9 Å². The Balaban J connectivity index is 1.84. The fourth-order valence-corrected chi connectivity index (χ4v) is 4.37. The van der Waals surface area contributed by atoms with Crippen molar-refractivity contribution in [3.63, 3.8) is 0 Å². The number of ether oxygens (including phenoxy) is 1. The maximum absolute atomic E-state index is 12.8. The van der Waals surface area contributed by atoms with Gasteiger partial charge in [0.25, 0.3) is 5.91 Å². The minimum absolute atomic E-state index is 0.112. The number of aromatic nitrogens is 1. The summed E-state index contributed by atoms with van der Waals surface area (Å²) < 4.78 is 7.08. The van der Waals surface area contributed by atoms with Crippen molar-refractivity contribution in [1.82, 2.24) is 9.88 Å². The number of hydrogen-bond donors (Lipinski definition) is 1. The molecule has 1 aromatic heterocycles. The van der Waals surface area contributed by atoms with Gasteiger partial charge in [-0.15, -0.1) is 0 Å². The maximum Gasteiger partial charge on any atom is 0.338 e. The summed E-state index contributed by atoms with van der Waals surface area (Å²) in [5, 5.41) is 12.7. The van der Waals surface area contributed by atoms with Gasteiger partial charge in [0.1, 0.15) is 11.6 Å². The van der Waals surface area contributed by atoms with Gasteiger partial charge in [-0.3, -0.25) is 4.79 Å². The van der Waals surface area contributed by atoms with Crippen LogP contribution < -0.4 is 5.32 Å². The first-order valence-corrected chi connectivity index (χ1v) is 11.2. The van der Waals surface area contributed by atoms with Crippen molar-refractivity contribution in [2.45, 2.75) is 59.4 Å². The fourth-order valence-electron chi connectivity index (χ4n) is 4.37. The van der Waals surface area contributed by atoms with Crippen LogP contribution in [0.2, 0.25) is 0 Å². The van der Waals surface area contributed by atoms with Gasteiger partial charge in [-0.1, -0.05) is 19.8 Å². The third-order valence-corrected chi connectivity index (χ3v) is 6.20. The van der Waals surface area contributed by atoms with Crippen molar-refractivity contribution in [2.24, 2.45) is 5.92 Å². The van der Waals surface area contributed by atoms with E-state index in [2.05, 4.69) is 18.3 Å². The lowest BCUT2D eigenvalue weighted by molar-refractivity contribution is -0.118. The largest absolute Gasteiger partial charge is 0.462 e. The second-order valence-electron chi connectivity index (χ2n) is 8.44. The minimum Gasteiger partial charge on any atom is -0.462 e. The van der Waals surface area contributed by atoms with Gasteiger partial charge in [0.05, 0.1) is 12.2 Å². The lowest BCUT2D eigenvalue weighted by Gasteiger charge is -2.29. The van der Waals surface area contributed by atoms with Crippen molar-refractivity contribution < 1.29 is 14.3 Å². The Labute approximate surface area is 189 Å². The van der Waals surface area contributed by atoms with Crippen LogP contribution >= 0.6 is 0 Å². The molecule has 0 bridgehead atoms. The summed E-state index contributed by atoms with van der Waals surface area (Å²) in [5.74, 6) is -0.231. The van der Waals surface area contributed by atoms with Gasteiger partial charge in [0, 0.05) is 23.1 Å². The predicted molar refractivity (Wildman–Crippen MR) is 124 cm³/mol. The van der Waals surface area contributed by atoms with E-state index in [1.807, 2.05) is 36.6 Å². The molecule has 6 heteroatoms. The molecule has 2 atom stereocenters. The van der Waals surface area contributed by atoms with Crippen LogP contribution in [0.25, 0.3) is 11.8 Å². The summed E-state index contributed by atoms with van der Waals surface area (Å²) in [6, 6.07) is 11.4. The van der Waals surface area contributed by atoms with Gasteiger partial charge in [-0.2, -0.15) is 5.26 Å². The number of rotatable bonds is 6. The fraction of sp³-hybridized carbons (Fsp3) is 0.423. The monoisotopic (exact) mass is 433 g/mol. The summed E-state index contributed by atoms with van der Waals surface area (Å²) in [6.45, 7) is 8.19. The third kappa shape index (κ3) is 5.11. The van der Waals surface area contributed by atoms with E-state index in [0.717, 1.165) is 41.9 Å². The second-order valence-corrected chi connectivity index (χ2v) is 8.44. The Morgan fingerprint density at radius 2 is 1.91 bits per heavy atom. The number of carbonyl (C=O) groups excluding carboxylic acids is 2. The summed E-state index contributed by atoms with van der Waals surface area (Å²) in [4.78, 5) is 24.7. The summed E-state index contributed by atoms with van der Waals surface area (Å²) in [6.07, 6.45) is 6.03. The molecule has 1 aliphatic rings. The first-order valence-electron chi connectivity index (χ1n) is 11.2. The highest BCUT2D eigenvalue weighted by atomic mass is 16.5. The SMILES string of the molecule is CCOC(=O)c1ccc(-n2c(C)cc(/C=C(\C#N)C(=O)N[C@H]3CCCC[C@H]3C)c2C)cc1. The predicted octanol–water partition coefficient (Wildman–Crippen LogP) is 4.87. The Kier molecular flexibility index (Phi) is 7.53. The molecule has 3 rings (SSSR count). The number of nitrogens with one attached hydrogen (secondary N) is 1. The molecule has 1 amide bonds. The first-order chi connectivity index (χ1) is 15.3. The molecule has 1 heterocycles. The second kappa shape index (κ2) is 10.3. The standard InChI is InChI=1S/C26H31N3O3/c1-5-32-26(31)20-10-12-23(13-11-20)29-18(3)14-21(19(29)4)15-22(16-27)25(30)28-24-9-7-6-8-17(24)2/h10-15,17,24H,5-9H2,1-4H3,(H,28,30)/b22-15+/t17-,24+/m1/s1. The number of nitrogens with zero attached hydrogens (tertiary/aromatic N) is 2. The van der Waals surface area contributed by atoms with Crippen molar-refractivity contribution in [3.8, 4) is 11.8 Å². The maximum atomic E-state index is 12.8. The van der Waals surface area contributed by atoms with Crippen molar-refractivity contribution >= 4 is 18.0 Å². The Morgan fingerprint density at radius 3 is 2.53 bits per heavy atom. The van der Waals surface area contributed by atoms with Crippen LogP contribution in [0.1, 0.15) is 66.8 Å². The number of hydrogen-bond acceptors (Lipinski definition) is 4. The molecule has 32 heavy (non-hydrogen) atoms. The molecule has 1 N–H and O–H groups in total. The van der Waals surface area contributed by atoms with E-state index in [1.165, 1.54) is 6.42 Å². The van der Waals surface area contributed by atoms with Crippen LogP contribution in [-0.2, 0) is 9.53 Å². The van der Waals surface area contributed by atoms with E-state index >= 15 is 0 Å². The van der Waals surface area contributed by atoms with Crippen LogP contribution in [-0.4, -0.2) is 29.1 Å². The first kappa shape index (κ1) is 23.3. The topological polar surface area (TPSA) is 84.1 Å². The number of esters is 1. The number of carbonyl (C=O) groups is 2. The van der Waals surface area contributed by atoms with Crippen LogP contribution in [0.4, 0.5) is 0 Å². The zero-order valence-corrected chi connectivity index (χ0v) is 19.3. The molecule has 168 valence electrons. The number of aryl methyl sites for hydroxylation is 1. The quantitative estimate of drug-likeness (QED) is 0.400. The van der Waals surface area contributed by atoms with E-state index in [0.29, 0.717) is 18.1 Å². The van der Waals surface area contributed by atoms with Crippen LogP contribution in [0, 0.1) is 31.1 Å². The molecule has 1 aliphatic carbocycles. The van der Waals surface area contributed by atoms with Crippen LogP contribution in [0.5, 0.6) is 0 Å². The molecule has 0 spiro atoms. The highest BCUT2D eigenvalue weighted by molar-refractivity contribution is 6.02. The van der Waals surface area contributed by atoms with Gasteiger partial charge in [-0.05, 0) is 81.5 Å². The molecule has 6 nitrogen and oxygen atoms in total. The molecule has 0 aliphatic heterocycles. The minimum atomic E-state index is -0.347. The average molecular weight is 434 g/mol. The molecule has 1 fully saturated rings. The smallest absolute Gasteiger partial charge is 0.338 e. The van der Waals surface area contributed by atoms with E-state index < -0.39 is 0 Å². The molecule has 0 radical (unpaired) electrons. The Bertz CT molecular complexity index is 1060. The highest BCUT2D eigenvalue weighted by Crippen LogP contribution is 2.25. The number of benzene rings is 1. The molecule has 1 saturated carbocycles. The highest BCUT2D eigenvalue weighted by Gasteiger charge is 2.24. The molecule has 0 unspecified atom stereocenters. The molecule has 1 aromatic carbocycles. The third-order valence-electron chi connectivity index (χ3n) is 6.20. The van der Waals surface area contributed by atoms with Gasteiger partial charge in [-0.25, -0.2) is 4.79 Å². The molecular weight excluding hydrogens is 402 g/mol. The van der Waals surface area contributed by atoms with E-state index in [9.17, 15) is 14.9 Å². The van der Waals surface area contributed by atoms with Crippen molar-refractivity contribution in [3.05, 3.63) is 58.4 Å².